The Labute approximate surface area is 151 Å². The molecule has 1 N–H and O–H groups in total. The monoisotopic (exact) mass is 333 g/mol. The molecule has 1 amide bonds. The van der Waals surface area contributed by atoms with Gasteiger partial charge in [0.25, 0.3) is 5.91 Å². The van der Waals surface area contributed by atoms with E-state index in [9.17, 15) is 4.79 Å². The third-order valence-corrected chi connectivity index (χ3v) is 3.74. The summed E-state index contributed by atoms with van der Waals surface area (Å²) in [5, 5.41) is 2.94. The standard InChI is InChI=1S/C23H27NO/c1-22(2,3)16-15-17-7-9-18(10-8-17)21(25)24-20-13-11-19(12-14-20)23(4,5)6/h7-14H,1-6H3,(H,24,25). The van der Waals surface area contributed by atoms with Gasteiger partial charge in [-0.25, -0.2) is 0 Å². The van der Waals surface area contributed by atoms with Gasteiger partial charge in [0.2, 0.25) is 0 Å². The number of carbonyl (C=O) groups excluding carboxylic acids is 1. The molecular weight excluding hydrogens is 306 g/mol. The Hall–Kier alpha value is -2.53. The molecule has 0 aliphatic carbocycles. The molecule has 0 saturated heterocycles. The predicted octanol–water partition coefficient (Wildman–Crippen LogP) is 5.63. The van der Waals surface area contributed by atoms with E-state index in [1.165, 1.54) is 5.56 Å². The van der Waals surface area contributed by atoms with Crippen LogP contribution < -0.4 is 5.32 Å². The quantitative estimate of drug-likeness (QED) is 0.709. The van der Waals surface area contributed by atoms with E-state index in [0.29, 0.717) is 5.56 Å². The molecule has 0 saturated carbocycles. The molecule has 0 aliphatic rings. The van der Waals surface area contributed by atoms with E-state index < -0.39 is 0 Å². The fourth-order valence-electron chi connectivity index (χ4n) is 2.22. The van der Waals surface area contributed by atoms with Gasteiger partial charge < -0.3 is 5.32 Å². The minimum Gasteiger partial charge on any atom is -0.322 e. The van der Waals surface area contributed by atoms with Crippen LogP contribution in [0.1, 0.15) is 63.0 Å². The van der Waals surface area contributed by atoms with Crippen molar-refractivity contribution in [2.45, 2.75) is 47.0 Å². The van der Waals surface area contributed by atoms with Crippen molar-refractivity contribution in [3.63, 3.8) is 0 Å². The van der Waals surface area contributed by atoms with Crippen molar-refractivity contribution >= 4 is 11.6 Å². The van der Waals surface area contributed by atoms with Crippen LogP contribution in [0.5, 0.6) is 0 Å². The van der Waals surface area contributed by atoms with E-state index in [-0.39, 0.29) is 16.7 Å². The van der Waals surface area contributed by atoms with Crippen molar-refractivity contribution in [2.75, 3.05) is 5.32 Å². The highest BCUT2D eigenvalue weighted by atomic mass is 16.1. The number of anilines is 1. The fraction of sp³-hybridized carbons (Fsp3) is 0.348. The Balaban J connectivity index is 2.07. The molecule has 2 aromatic rings. The zero-order valence-corrected chi connectivity index (χ0v) is 16.0. The highest BCUT2D eigenvalue weighted by Crippen LogP contribution is 2.23. The van der Waals surface area contributed by atoms with Gasteiger partial charge in [-0.3, -0.25) is 4.79 Å². The average molecular weight is 333 g/mol. The molecule has 0 bridgehead atoms. The summed E-state index contributed by atoms with van der Waals surface area (Å²) in [6.07, 6.45) is 0. The molecule has 0 radical (unpaired) electrons. The van der Waals surface area contributed by atoms with Gasteiger partial charge in [-0.15, -0.1) is 0 Å². The van der Waals surface area contributed by atoms with Crippen molar-refractivity contribution in [1.82, 2.24) is 0 Å². The summed E-state index contributed by atoms with van der Waals surface area (Å²) in [5.74, 6) is 6.22. The van der Waals surface area contributed by atoms with Crippen LogP contribution in [-0.2, 0) is 5.41 Å². The van der Waals surface area contributed by atoms with Crippen LogP contribution >= 0.6 is 0 Å². The molecule has 0 aromatic heterocycles. The molecule has 2 aromatic carbocycles. The highest BCUT2D eigenvalue weighted by molar-refractivity contribution is 6.04. The zero-order chi connectivity index (χ0) is 18.7. The lowest BCUT2D eigenvalue weighted by Gasteiger charge is -2.19. The number of rotatable bonds is 2. The molecule has 0 spiro atoms. The van der Waals surface area contributed by atoms with Crippen LogP contribution in [0, 0.1) is 17.3 Å². The maximum Gasteiger partial charge on any atom is 0.255 e. The molecule has 2 rings (SSSR count). The highest BCUT2D eigenvalue weighted by Gasteiger charge is 2.13. The molecule has 0 aliphatic heterocycles. The number of hydrogen-bond donors (Lipinski definition) is 1. The first-order valence-electron chi connectivity index (χ1n) is 8.60. The van der Waals surface area contributed by atoms with E-state index in [2.05, 4.69) is 70.8 Å². The molecule has 0 unspecified atom stereocenters. The molecular formula is C23H27NO. The van der Waals surface area contributed by atoms with Crippen LogP contribution in [0.2, 0.25) is 0 Å². The zero-order valence-electron chi connectivity index (χ0n) is 16.0. The summed E-state index contributed by atoms with van der Waals surface area (Å²) < 4.78 is 0. The normalized spacial score (nSPS) is 11.4. The Morgan fingerprint density at radius 3 is 1.88 bits per heavy atom. The minimum atomic E-state index is -0.112. The minimum absolute atomic E-state index is 0.0325. The van der Waals surface area contributed by atoms with Crippen molar-refractivity contribution in [1.29, 1.82) is 0 Å². The summed E-state index contributed by atoms with van der Waals surface area (Å²) in [6.45, 7) is 12.7. The Kier molecular flexibility index (Phi) is 5.38. The first-order chi connectivity index (χ1) is 11.5. The van der Waals surface area contributed by atoms with Gasteiger partial charge in [-0.2, -0.15) is 0 Å². The van der Waals surface area contributed by atoms with Crippen molar-refractivity contribution in [3.8, 4) is 11.8 Å². The molecule has 0 atom stereocenters. The van der Waals surface area contributed by atoms with Crippen LogP contribution in [0.4, 0.5) is 5.69 Å². The molecule has 2 nitrogen and oxygen atoms in total. The van der Waals surface area contributed by atoms with Crippen molar-refractivity contribution in [2.24, 2.45) is 5.41 Å². The second kappa shape index (κ2) is 7.15. The molecule has 130 valence electrons. The van der Waals surface area contributed by atoms with Gasteiger partial charge in [0, 0.05) is 22.2 Å². The topological polar surface area (TPSA) is 29.1 Å². The van der Waals surface area contributed by atoms with Gasteiger partial charge in [0.05, 0.1) is 0 Å². The summed E-state index contributed by atoms with van der Waals surface area (Å²) in [6, 6.07) is 15.4. The second-order valence-electron chi connectivity index (χ2n) is 8.36. The summed E-state index contributed by atoms with van der Waals surface area (Å²) in [5.41, 5.74) is 3.66. The fourth-order valence-corrected chi connectivity index (χ4v) is 2.22. The van der Waals surface area contributed by atoms with Crippen molar-refractivity contribution in [3.05, 3.63) is 65.2 Å². The molecule has 25 heavy (non-hydrogen) atoms. The number of benzene rings is 2. The third-order valence-electron chi connectivity index (χ3n) is 3.74. The van der Waals surface area contributed by atoms with Crippen LogP contribution in [0.15, 0.2) is 48.5 Å². The van der Waals surface area contributed by atoms with Crippen LogP contribution in [-0.4, -0.2) is 5.91 Å². The smallest absolute Gasteiger partial charge is 0.255 e. The maximum atomic E-state index is 12.4. The molecule has 2 heteroatoms. The van der Waals surface area contributed by atoms with E-state index in [4.69, 9.17) is 0 Å². The van der Waals surface area contributed by atoms with Crippen LogP contribution in [0.3, 0.4) is 0 Å². The molecule has 0 heterocycles. The number of amides is 1. The van der Waals surface area contributed by atoms with Gasteiger partial charge in [-0.1, -0.05) is 44.7 Å². The van der Waals surface area contributed by atoms with Gasteiger partial charge >= 0.3 is 0 Å². The van der Waals surface area contributed by atoms with E-state index in [1.807, 2.05) is 36.4 Å². The van der Waals surface area contributed by atoms with E-state index >= 15 is 0 Å². The summed E-state index contributed by atoms with van der Waals surface area (Å²) in [7, 11) is 0. The Bertz CT molecular complexity index is 789. The lowest BCUT2D eigenvalue weighted by atomic mass is 9.87. The average Bonchev–Trinajstić information content (AvgIpc) is 2.52. The van der Waals surface area contributed by atoms with E-state index in [1.54, 1.807) is 0 Å². The first kappa shape index (κ1) is 18.8. The Morgan fingerprint density at radius 1 is 0.840 bits per heavy atom. The van der Waals surface area contributed by atoms with Crippen LogP contribution in [0.25, 0.3) is 0 Å². The Morgan fingerprint density at radius 2 is 1.40 bits per heavy atom. The third kappa shape index (κ3) is 5.80. The van der Waals surface area contributed by atoms with Crippen molar-refractivity contribution < 1.29 is 4.79 Å². The maximum absolute atomic E-state index is 12.4. The predicted molar refractivity (Wildman–Crippen MR) is 106 cm³/mol. The van der Waals surface area contributed by atoms with Gasteiger partial charge in [0.1, 0.15) is 0 Å². The second-order valence-corrected chi connectivity index (χ2v) is 8.36. The number of nitrogens with one attached hydrogen (secondary N) is 1. The summed E-state index contributed by atoms with van der Waals surface area (Å²) >= 11 is 0. The lowest BCUT2D eigenvalue weighted by molar-refractivity contribution is 0.102. The number of hydrogen-bond acceptors (Lipinski definition) is 1. The van der Waals surface area contributed by atoms with E-state index in [0.717, 1.165) is 11.3 Å². The summed E-state index contributed by atoms with van der Waals surface area (Å²) in [4.78, 5) is 12.4. The van der Waals surface area contributed by atoms with Gasteiger partial charge in [0.15, 0.2) is 0 Å². The lowest BCUT2D eigenvalue weighted by Crippen LogP contribution is -2.13. The SMILES string of the molecule is CC(C)(C)C#Cc1ccc(C(=O)Nc2ccc(C(C)(C)C)cc2)cc1. The first-order valence-corrected chi connectivity index (χ1v) is 8.60. The largest absolute Gasteiger partial charge is 0.322 e. The number of carbonyl (C=O) groups is 1. The van der Waals surface area contributed by atoms with Gasteiger partial charge in [-0.05, 0) is 68.1 Å². The molecule has 0 fully saturated rings.